The summed E-state index contributed by atoms with van der Waals surface area (Å²) in [6.07, 6.45) is 1.69. The number of nitrogens with zero attached hydrogens (tertiary/aromatic N) is 4. The number of hydrogen-bond acceptors (Lipinski definition) is 3. The summed E-state index contributed by atoms with van der Waals surface area (Å²) in [4.78, 5) is 13.2. The van der Waals surface area contributed by atoms with E-state index in [9.17, 15) is 4.79 Å². The second-order valence-corrected chi connectivity index (χ2v) is 7.23. The van der Waals surface area contributed by atoms with Gasteiger partial charge in [0.25, 0.3) is 5.56 Å². The molecule has 0 bridgehead atoms. The minimum absolute atomic E-state index is 0.220. The smallest absolute Gasteiger partial charge is 0.265 e. The molecule has 0 aliphatic heterocycles. The number of rotatable bonds is 3. The average Bonchev–Trinajstić information content (AvgIpc) is 3.07. The van der Waals surface area contributed by atoms with Crippen molar-refractivity contribution in [2.75, 3.05) is 0 Å². The van der Waals surface area contributed by atoms with Crippen LogP contribution in [0.3, 0.4) is 0 Å². The molecule has 4 rings (SSSR count). The van der Waals surface area contributed by atoms with Gasteiger partial charge in [0.15, 0.2) is 0 Å². The first-order valence-electron chi connectivity index (χ1n) is 8.41. The van der Waals surface area contributed by atoms with Crippen molar-refractivity contribution in [3.05, 3.63) is 85.9 Å². The minimum atomic E-state index is -0.220. The molecule has 0 spiro atoms. The number of hydrogen-bond donors (Lipinski definition) is 0. The molecule has 0 amide bonds. The molecule has 0 unspecified atom stereocenters. The Morgan fingerprint density at radius 3 is 2.59 bits per heavy atom. The molecule has 0 aliphatic rings. The third-order valence-corrected chi connectivity index (χ3v) is 5.13. The Hall–Kier alpha value is -2.63. The first-order valence-corrected chi connectivity index (χ1v) is 9.16. The normalized spacial score (nSPS) is 11.3. The molecule has 0 N–H and O–H groups in total. The van der Waals surface area contributed by atoms with Gasteiger partial charge in [-0.3, -0.25) is 4.79 Å². The highest BCUT2D eigenvalue weighted by Gasteiger charge is 2.16. The zero-order valence-corrected chi connectivity index (χ0v) is 16.3. The van der Waals surface area contributed by atoms with Gasteiger partial charge in [0.05, 0.1) is 24.1 Å². The van der Waals surface area contributed by atoms with Crippen molar-refractivity contribution < 1.29 is 0 Å². The summed E-state index contributed by atoms with van der Waals surface area (Å²) >= 11 is 12.2. The van der Waals surface area contributed by atoms with Crippen LogP contribution >= 0.6 is 23.2 Å². The van der Waals surface area contributed by atoms with Gasteiger partial charge in [-0.15, -0.1) is 0 Å². The van der Waals surface area contributed by atoms with E-state index in [1.165, 1.54) is 4.68 Å². The van der Waals surface area contributed by atoms with E-state index in [-0.39, 0.29) is 12.1 Å². The lowest BCUT2D eigenvalue weighted by molar-refractivity contribution is 0.635. The van der Waals surface area contributed by atoms with Crippen LogP contribution in [0.5, 0.6) is 0 Å². The fraction of sp³-hybridized carbons (Fsp3) is 0.150. The Kier molecular flexibility index (Phi) is 4.50. The van der Waals surface area contributed by atoms with Crippen molar-refractivity contribution in [2.24, 2.45) is 0 Å². The Bertz CT molecular complexity index is 1230. The largest absolute Gasteiger partial charge is 0.293 e. The lowest BCUT2D eigenvalue weighted by Gasteiger charge is -2.11. The van der Waals surface area contributed by atoms with E-state index in [4.69, 9.17) is 23.2 Å². The van der Waals surface area contributed by atoms with E-state index in [0.717, 1.165) is 27.9 Å². The molecule has 7 heteroatoms. The van der Waals surface area contributed by atoms with E-state index in [2.05, 4.69) is 10.2 Å². The van der Waals surface area contributed by atoms with Gasteiger partial charge in [-0.1, -0.05) is 47.5 Å². The molecule has 2 aromatic heterocycles. The summed E-state index contributed by atoms with van der Waals surface area (Å²) in [6.45, 7) is 4.11. The Morgan fingerprint density at radius 1 is 1.07 bits per heavy atom. The van der Waals surface area contributed by atoms with Crippen molar-refractivity contribution in [2.45, 2.75) is 20.4 Å². The van der Waals surface area contributed by atoms with Crippen molar-refractivity contribution in [3.8, 4) is 5.69 Å². The highest BCUT2D eigenvalue weighted by molar-refractivity contribution is 6.35. The van der Waals surface area contributed by atoms with Gasteiger partial charge in [-0.2, -0.15) is 10.2 Å². The van der Waals surface area contributed by atoms with Crippen LogP contribution in [-0.2, 0) is 6.54 Å². The van der Waals surface area contributed by atoms with Crippen molar-refractivity contribution >= 4 is 34.1 Å². The summed E-state index contributed by atoms with van der Waals surface area (Å²) in [5.41, 5.74) is 3.69. The zero-order valence-electron chi connectivity index (χ0n) is 14.8. The molecule has 0 aliphatic carbocycles. The first kappa shape index (κ1) is 17.8. The second kappa shape index (κ2) is 6.83. The van der Waals surface area contributed by atoms with Crippen LogP contribution < -0.4 is 5.56 Å². The number of fused-ring (bicyclic) bond motifs is 1. The highest BCUT2D eigenvalue weighted by atomic mass is 35.5. The topological polar surface area (TPSA) is 52.7 Å². The van der Waals surface area contributed by atoms with Crippen molar-refractivity contribution in [1.29, 1.82) is 0 Å². The third-order valence-electron chi connectivity index (χ3n) is 4.55. The second-order valence-electron chi connectivity index (χ2n) is 6.39. The zero-order chi connectivity index (χ0) is 19.1. The molecule has 0 fully saturated rings. The van der Waals surface area contributed by atoms with Crippen LogP contribution in [0.25, 0.3) is 16.6 Å². The Labute approximate surface area is 165 Å². The van der Waals surface area contributed by atoms with E-state index in [1.54, 1.807) is 29.1 Å². The van der Waals surface area contributed by atoms with Gasteiger partial charge in [-0.05, 0) is 43.2 Å². The standard InChI is InChI=1S/C20H16Cl2N4O/c1-12-5-3-4-6-18(12)26-19-16(10-23-26)13(2)24-25(20(19)27)11-14-7-8-15(21)9-17(14)22/h3-10H,11H2,1-2H3. The van der Waals surface area contributed by atoms with E-state index < -0.39 is 0 Å². The maximum absolute atomic E-state index is 13.2. The third kappa shape index (κ3) is 3.13. The van der Waals surface area contributed by atoms with Crippen LogP contribution in [0, 0.1) is 13.8 Å². The molecule has 27 heavy (non-hydrogen) atoms. The van der Waals surface area contributed by atoms with Crippen LogP contribution in [0.2, 0.25) is 10.0 Å². The fourth-order valence-electron chi connectivity index (χ4n) is 3.12. The fourth-order valence-corrected chi connectivity index (χ4v) is 3.59. The molecular formula is C20H16Cl2N4O. The summed E-state index contributed by atoms with van der Waals surface area (Å²) < 4.78 is 3.10. The summed E-state index contributed by atoms with van der Waals surface area (Å²) in [5, 5.41) is 10.7. The highest BCUT2D eigenvalue weighted by Crippen LogP contribution is 2.23. The average molecular weight is 399 g/mol. The molecule has 136 valence electrons. The van der Waals surface area contributed by atoms with Gasteiger partial charge in [0.1, 0.15) is 5.52 Å². The van der Waals surface area contributed by atoms with Crippen LogP contribution in [0.1, 0.15) is 16.8 Å². The lowest BCUT2D eigenvalue weighted by atomic mass is 10.2. The van der Waals surface area contributed by atoms with Crippen molar-refractivity contribution in [1.82, 2.24) is 19.6 Å². The first-order chi connectivity index (χ1) is 13.0. The molecule has 4 aromatic rings. The number of para-hydroxylation sites is 1. The minimum Gasteiger partial charge on any atom is -0.265 e. The summed E-state index contributed by atoms with van der Waals surface area (Å²) in [7, 11) is 0. The quantitative estimate of drug-likeness (QED) is 0.508. The molecule has 2 heterocycles. The maximum Gasteiger partial charge on any atom is 0.293 e. The maximum atomic E-state index is 13.2. The van der Waals surface area contributed by atoms with Crippen LogP contribution in [-0.4, -0.2) is 19.6 Å². The van der Waals surface area contributed by atoms with Crippen molar-refractivity contribution in [3.63, 3.8) is 0 Å². The molecule has 2 aromatic carbocycles. The number of aromatic nitrogens is 4. The van der Waals surface area contributed by atoms with Gasteiger partial charge >= 0.3 is 0 Å². The van der Waals surface area contributed by atoms with Crippen LogP contribution in [0.15, 0.2) is 53.5 Å². The number of benzene rings is 2. The molecule has 0 radical (unpaired) electrons. The predicted molar refractivity (Wildman–Crippen MR) is 108 cm³/mol. The number of aryl methyl sites for hydroxylation is 2. The predicted octanol–water partition coefficient (Wildman–Crippen LogP) is 4.55. The van der Waals surface area contributed by atoms with Crippen LogP contribution in [0.4, 0.5) is 0 Å². The SMILES string of the molecule is Cc1ccccc1-n1ncc2c(C)nn(Cc3ccc(Cl)cc3Cl)c(=O)c21. The van der Waals surface area contributed by atoms with Gasteiger partial charge in [-0.25, -0.2) is 9.36 Å². The summed E-state index contributed by atoms with van der Waals surface area (Å²) in [6, 6.07) is 13.0. The molecular weight excluding hydrogens is 383 g/mol. The summed E-state index contributed by atoms with van der Waals surface area (Å²) in [5.74, 6) is 0. The molecule has 0 saturated carbocycles. The van der Waals surface area contributed by atoms with Gasteiger partial charge < -0.3 is 0 Å². The Morgan fingerprint density at radius 2 is 1.85 bits per heavy atom. The monoisotopic (exact) mass is 398 g/mol. The van der Waals surface area contributed by atoms with Gasteiger partial charge in [0, 0.05) is 15.4 Å². The molecule has 5 nitrogen and oxygen atoms in total. The molecule has 0 atom stereocenters. The van der Waals surface area contributed by atoms with E-state index in [0.29, 0.717) is 15.6 Å². The van der Waals surface area contributed by atoms with E-state index >= 15 is 0 Å². The Balaban J connectivity index is 1.91. The van der Waals surface area contributed by atoms with E-state index in [1.807, 2.05) is 38.1 Å². The molecule has 0 saturated heterocycles. The number of halogens is 2. The lowest BCUT2D eigenvalue weighted by Crippen LogP contribution is -2.26. The van der Waals surface area contributed by atoms with Gasteiger partial charge in [0.2, 0.25) is 0 Å².